The molecular formula is C16H17NO3S. The molecule has 1 amide bonds. The molecule has 2 N–H and O–H groups in total. The number of amides is 1. The van der Waals surface area contributed by atoms with Crippen LogP contribution in [0.3, 0.4) is 0 Å². The average molecular weight is 303 g/mol. The Balaban J connectivity index is 2.26. The van der Waals surface area contributed by atoms with E-state index in [1.807, 2.05) is 45.0 Å². The van der Waals surface area contributed by atoms with Crippen LogP contribution in [0.1, 0.15) is 25.6 Å². The van der Waals surface area contributed by atoms with Gasteiger partial charge < -0.3 is 10.4 Å². The molecule has 0 radical (unpaired) electrons. The van der Waals surface area contributed by atoms with Crippen LogP contribution in [0.2, 0.25) is 0 Å². The van der Waals surface area contributed by atoms with Gasteiger partial charge in [0.2, 0.25) is 5.91 Å². The largest absolute Gasteiger partial charge is 0.478 e. The molecule has 0 saturated heterocycles. The van der Waals surface area contributed by atoms with Gasteiger partial charge in [0.25, 0.3) is 0 Å². The van der Waals surface area contributed by atoms with Crippen LogP contribution in [-0.2, 0) is 9.59 Å². The Morgan fingerprint density at radius 2 is 1.95 bits per heavy atom. The van der Waals surface area contributed by atoms with E-state index in [1.54, 1.807) is 6.08 Å². The lowest BCUT2D eigenvalue weighted by Crippen LogP contribution is -2.27. The molecule has 110 valence electrons. The second-order valence-electron chi connectivity index (χ2n) is 5.78. The van der Waals surface area contributed by atoms with E-state index < -0.39 is 11.4 Å². The van der Waals surface area contributed by atoms with E-state index in [0.717, 1.165) is 26.7 Å². The first-order chi connectivity index (χ1) is 9.75. The molecule has 1 aromatic heterocycles. The standard InChI is InChI=1S/C16H17NO3S/c1-16(2,3)15(20)17-11-4-6-13-10(8-11)9-12(21-13)5-7-14(18)19/h4-9H,1-3H3,(H,17,20)(H,18,19)/b7-5+. The van der Waals surface area contributed by atoms with Crippen LogP contribution in [0, 0.1) is 5.41 Å². The second kappa shape index (κ2) is 5.69. The first-order valence-electron chi connectivity index (χ1n) is 6.52. The zero-order chi connectivity index (χ0) is 15.6. The van der Waals surface area contributed by atoms with Crippen molar-refractivity contribution in [1.29, 1.82) is 0 Å². The van der Waals surface area contributed by atoms with Crippen LogP contribution in [0.25, 0.3) is 16.2 Å². The maximum Gasteiger partial charge on any atom is 0.328 e. The number of hydrogen-bond acceptors (Lipinski definition) is 3. The summed E-state index contributed by atoms with van der Waals surface area (Å²) in [6, 6.07) is 7.59. The summed E-state index contributed by atoms with van der Waals surface area (Å²) in [5, 5.41) is 12.5. The Morgan fingerprint density at radius 1 is 1.24 bits per heavy atom. The SMILES string of the molecule is CC(C)(C)C(=O)Nc1ccc2sc(/C=C/C(=O)O)cc2c1. The highest BCUT2D eigenvalue weighted by Crippen LogP contribution is 2.29. The molecule has 0 aliphatic rings. The summed E-state index contributed by atoms with van der Waals surface area (Å²) in [5.74, 6) is -1.01. The fourth-order valence-corrected chi connectivity index (χ4v) is 2.64. The lowest BCUT2D eigenvalue weighted by Gasteiger charge is -2.17. The maximum absolute atomic E-state index is 12.0. The van der Waals surface area contributed by atoms with Gasteiger partial charge in [-0.05, 0) is 35.7 Å². The molecule has 0 atom stereocenters. The molecule has 0 bridgehead atoms. The van der Waals surface area contributed by atoms with E-state index in [1.165, 1.54) is 11.3 Å². The van der Waals surface area contributed by atoms with Crippen molar-refractivity contribution in [3.8, 4) is 0 Å². The molecule has 2 aromatic rings. The van der Waals surface area contributed by atoms with Gasteiger partial charge >= 0.3 is 5.97 Å². The Bertz CT molecular complexity index is 723. The Kier molecular flexibility index (Phi) is 4.14. The van der Waals surface area contributed by atoms with Crippen LogP contribution in [-0.4, -0.2) is 17.0 Å². The second-order valence-corrected chi connectivity index (χ2v) is 6.89. The van der Waals surface area contributed by atoms with Crippen LogP contribution in [0.5, 0.6) is 0 Å². The van der Waals surface area contributed by atoms with E-state index in [2.05, 4.69) is 5.32 Å². The maximum atomic E-state index is 12.0. The number of fused-ring (bicyclic) bond motifs is 1. The average Bonchev–Trinajstić information content (AvgIpc) is 2.77. The van der Waals surface area contributed by atoms with Crippen LogP contribution in [0.4, 0.5) is 5.69 Å². The van der Waals surface area contributed by atoms with Gasteiger partial charge in [-0.2, -0.15) is 0 Å². The van der Waals surface area contributed by atoms with E-state index in [0.29, 0.717) is 0 Å². The molecule has 5 heteroatoms. The summed E-state index contributed by atoms with van der Waals surface area (Å²) >= 11 is 1.51. The van der Waals surface area contributed by atoms with Crippen molar-refractivity contribution in [1.82, 2.24) is 0 Å². The summed E-state index contributed by atoms with van der Waals surface area (Å²) in [5.41, 5.74) is 0.299. The third-order valence-electron chi connectivity index (χ3n) is 2.86. The molecule has 0 spiro atoms. The number of anilines is 1. The van der Waals surface area contributed by atoms with E-state index >= 15 is 0 Å². The lowest BCUT2D eigenvalue weighted by atomic mass is 9.95. The molecule has 0 saturated carbocycles. The van der Waals surface area contributed by atoms with Crippen molar-refractivity contribution < 1.29 is 14.7 Å². The Morgan fingerprint density at radius 3 is 2.57 bits per heavy atom. The fraction of sp³-hybridized carbons (Fsp3) is 0.250. The summed E-state index contributed by atoms with van der Waals surface area (Å²) in [6.07, 6.45) is 2.69. The smallest absolute Gasteiger partial charge is 0.328 e. The minimum absolute atomic E-state index is 0.0388. The van der Waals surface area contributed by atoms with Gasteiger partial charge in [0.05, 0.1) is 0 Å². The molecule has 4 nitrogen and oxygen atoms in total. The quantitative estimate of drug-likeness (QED) is 0.843. The van der Waals surface area contributed by atoms with Gasteiger partial charge in [-0.15, -0.1) is 11.3 Å². The van der Waals surface area contributed by atoms with Crippen molar-refractivity contribution >= 4 is 45.1 Å². The van der Waals surface area contributed by atoms with E-state index in [-0.39, 0.29) is 5.91 Å². The summed E-state index contributed by atoms with van der Waals surface area (Å²) < 4.78 is 1.05. The third-order valence-corrected chi connectivity index (χ3v) is 3.95. The molecule has 1 aromatic carbocycles. The van der Waals surface area contributed by atoms with Crippen LogP contribution < -0.4 is 5.32 Å². The molecule has 0 aliphatic carbocycles. The minimum Gasteiger partial charge on any atom is -0.478 e. The lowest BCUT2D eigenvalue weighted by molar-refractivity contribution is -0.131. The monoisotopic (exact) mass is 303 g/mol. The number of carbonyl (C=O) groups is 2. The number of carboxylic acids is 1. The molecule has 0 fully saturated rings. The molecule has 2 rings (SSSR count). The van der Waals surface area contributed by atoms with Gasteiger partial charge in [-0.3, -0.25) is 4.79 Å². The van der Waals surface area contributed by atoms with Crippen LogP contribution in [0.15, 0.2) is 30.3 Å². The zero-order valence-electron chi connectivity index (χ0n) is 12.1. The van der Waals surface area contributed by atoms with Gasteiger partial charge in [-0.1, -0.05) is 20.8 Å². The predicted molar refractivity (Wildman–Crippen MR) is 86.6 cm³/mol. The Labute approximate surface area is 127 Å². The Hall–Kier alpha value is -2.14. The van der Waals surface area contributed by atoms with Crippen molar-refractivity contribution in [2.24, 2.45) is 5.41 Å². The predicted octanol–water partition coefficient (Wildman–Crippen LogP) is 3.98. The summed E-state index contributed by atoms with van der Waals surface area (Å²) in [4.78, 5) is 23.4. The number of hydrogen-bond donors (Lipinski definition) is 2. The molecule has 1 heterocycles. The highest BCUT2D eigenvalue weighted by atomic mass is 32.1. The number of carbonyl (C=O) groups excluding carboxylic acids is 1. The van der Waals surface area contributed by atoms with Crippen molar-refractivity contribution in [3.63, 3.8) is 0 Å². The normalized spacial score (nSPS) is 12.0. The third kappa shape index (κ3) is 3.92. The number of benzene rings is 1. The number of carboxylic acid groups (broad SMARTS) is 1. The van der Waals surface area contributed by atoms with E-state index in [9.17, 15) is 9.59 Å². The van der Waals surface area contributed by atoms with Crippen molar-refractivity contribution in [2.75, 3.05) is 5.32 Å². The first kappa shape index (κ1) is 15.3. The number of rotatable bonds is 3. The van der Waals surface area contributed by atoms with Crippen molar-refractivity contribution in [2.45, 2.75) is 20.8 Å². The topological polar surface area (TPSA) is 66.4 Å². The molecule has 0 aliphatic heterocycles. The van der Waals surface area contributed by atoms with E-state index in [4.69, 9.17) is 5.11 Å². The fourth-order valence-electron chi connectivity index (χ4n) is 1.70. The van der Waals surface area contributed by atoms with Gasteiger partial charge in [0.15, 0.2) is 0 Å². The van der Waals surface area contributed by atoms with Gasteiger partial charge in [0.1, 0.15) is 0 Å². The number of nitrogens with one attached hydrogen (secondary N) is 1. The minimum atomic E-state index is -0.967. The number of aliphatic carboxylic acids is 1. The summed E-state index contributed by atoms with van der Waals surface area (Å²) in [6.45, 7) is 5.58. The van der Waals surface area contributed by atoms with Crippen molar-refractivity contribution in [3.05, 3.63) is 35.2 Å². The highest BCUT2D eigenvalue weighted by molar-refractivity contribution is 7.19. The first-order valence-corrected chi connectivity index (χ1v) is 7.33. The number of thiophene rings is 1. The molecular weight excluding hydrogens is 286 g/mol. The van der Waals surface area contributed by atoms with Gasteiger partial charge in [0, 0.05) is 26.8 Å². The molecule has 0 unspecified atom stereocenters. The van der Waals surface area contributed by atoms with Gasteiger partial charge in [-0.25, -0.2) is 4.79 Å². The highest BCUT2D eigenvalue weighted by Gasteiger charge is 2.21. The zero-order valence-corrected chi connectivity index (χ0v) is 13.0. The summed E-state index contributed by atoms with van der Waals surface area (Å²) in [7, 11) is 0. The van der Waals surface area contributed by atoms with Crippen LogP contribution >= 0.6 is 11.3 Å². The molecule has 21 heavy (non-hydrogen) atoms.